The minimum atomic E-state index is -0.873. The van der Waals surface area contributed by atoms with Crippen LogP contribution in [0.3, 0.4) is 0 Å². The van der Waals surface area contributed by atoms with E-state index in [4.69, 9.17) is 5.11 Å². The third kappa shape index (κ3) is 3.30. The van der Waals surface area contributed by atoms with Gasteiger partial charge in [-0.1, -0.05) is 0 Å². The molecule has 1 aromatic heterocycles. The molecule has 0 aromatic carbocycles. The van der Waals surface area contributed by atoms with Crippen LogP contribution in [-0.4, -0.2) is 44.3 Å². The molecule has 1 aliphatic rings. The van der Waals surface area contributed by atoms with Gasteiger partial charge in [-0.25, -0.2) is 0 Å². The summed E-state index contributed by atoms with van der Waals surface area (Å²) in [6.45, 7) is 0.475. The van der Waals surface area contributed by atoms with Gasteiger partial charge in [-0.2, -0.15) is 5.10 Å². The van der Waals surface area contributed by atoms with Crippen LogP contribution in [0.4, 0.5) is 0 Å². The molecular weight excluding hydrogens is 222 g/mol. The average Bonchev–Trinajstić information content (AvgIpc) is 2.97. The molecule has 1 heterocycles. The van der Waals surface area contributed by atoms with Gasteiger partial charge in [0.2, 0.25) is 5.91 Å². The van der Waals surface area contributed by atoms with Crippen molar-refractivity contribution in [1.29, 1.82) is 0 Å². The van der Waals surface area contributed by atoms with Crippen molar-refractivity contribution in [2.24, 2.45) is 0 Å². The molecule has 0 bridgehead atoms. The summed E-state index contributed by atoms with van der Waals surface area (Å²) in [5.41, 5.74) is 0. The van der Waals surface area contributed by atoms with Crippen molar-refractivity contribution in [3.05, 3.63) is 18.5 Å². The summed E-state index contributed by atoms with van der Waals surface area (Å²) in [4.78, 5) is 24.2. The molecule has 0 saturated heterocycles. The van der Waals surface area contributed by atoms with Crippen LogP contribution in [0.25, 0.3) is 0 Å². The summed E-state index contributed by atoms with van der Waals surface area (Å²) < 4.78 is 1.55. The van der Waals surface area contributed by atoms with Crippen LogP contribution in [0.1, 0.15) is 19.3 Å². The third-order valence-electron chi connectivity index (χ3n) is 2.73. The van der Waals surface area contributed by atoms with Crippen LogP contribution in [0.5, 0.6) is 0 Å². The lowest BCUT2D eigenvalue weighted by Crippen LogP contribution is -2.37. The molecule has 0 unspecified atom stereocenters. The molecule has 0 atom stereocenters. The smallest absolute Gasteiger partial charge is 0.305 e. The maximum absolute atomic E-state index is 12.0. The number of carboxylic acids is 1. The lowest BCUT2D eigenvalue weighted by atomic mass is 10.3. The lowest BCUT2D eigenvalue weighted by Gasteiger charge is -2.21. The van der Waals surface area contributed by atoms with E-state index in [1.807, 2.05) is 0 Å². The largest absolute Gasteiger partial charge is 0.481 e. The number of aliphatic carboxylic acids is 1. The van der Waals surface area contributed by atoms with Crippen LogP contribution in [-0.2, 0) is 16.1 Å². The summed E-state index contributed by atoms with van der Waals surface area (Å²) in [5, 5.41) is 12.6. The van der Waals surface area contributed by atoms with Gasteiger partial charge in [0.15, 0.2) is 0 Å². The molecule has 17 heavy (non-hydrogen) atoms. The van der Waals surface area contributed by atoms with Crippen LogP contribution in [0, 0.1) is 0 Å². The van der Waals surface area contributed by atoms with Gasteiger partial charge in [0, 0.05) is 25.0 Å². The van der Waals surface area contributed by atoms with E-state index in [2.05, 4.69) is 5.10 Å². The Bertz CT molecular complexity index is 398. The van der Waals surface area contributed by atoms with Crippen molar-refractivity contribution in [3.63, 3.8) is 0 Å². The first-order valence-electron chi connectivity index (χ1n) is 5.65. The molecule has 1 N–H and O–H groups in total. The van der Waals surface area contributed by atoms with Gasteiger partial charge in [-0.15, -0.1) is 0 Å². The van der Waals surface area contributed by atoms with Gasteiger partial charge >= 0.3 is 5.97 Å². The highest BCUT2D eigenvalue weighted by atomic mass is 16.4. The average molecular weight is 237 g/mol. The van der Waals surface area contributed by atoms with E-state index >= 15 is 0 Å². The zero-order chi connectivity index (χ0) is 12.3. The molecule has 0 aliphatic heterocycles. The normalized spacial score (nSPS) is 14.6. The minimum absolute atomic E-state index is 0.00134. The predicted octanol–water partition coefficient (Wildman–Crippen LogP) is 0.349. The van der Waals surface area contributed by atoms with E-state index in [1.165, 1.54) is 0 Å². The Balaban J connectivity index is 1.91. The number of carbonyl (C=O) groups is 2. The van der Waals surface area contributed by atoms with Crippen molar-refractivity contribution in [2.45, 2.75) is 31.8 Å². The Kier molecular flexibility index (Phi) is 3.41. The van der Waals surface area contributed by atoms with Gasteiger partial charge in [-0.05, 0) is 18.9 Å². The summed E-state index contributed by atoms with van der Waals surface area (Å²) >= 11 is 0. The van der Waals surface area contributed by atoms with E-state index in [9.17, 15) is 9.59 Å². The molecule has 6 nitrogen and oxygen atoms in total. The van der Waals surface area contributed by atoms with Crippen molar-refractivity contribution in [2.75, 3.05) is 6.54 Å². The van der Waals surface area contributed by atoms with Crippen LogP contribution >= 0.6 is 0 Å². The van der Waals surface area contributed by atoms with Gasteiger partial charge in [-0.3, -0.25) is 14.3 Å². The third-order valence-corrected chi connectivity index (χ3v) is 2.73. The molecular formula is C11H15N3O3. The van der Waals surface area contributed by atoms with E-state index in [-0.39, 0.29) is 24.9 Å². The first-order valence-corrected chi connectivity index (χ1v) is 5.65. The topological polar surface area (TPSA) is 75.4 Å². The van der Waals surface area contributed by atoms with Crippen molar-refractivity contribution < 1.29 is 14.7 Å². The summed E-state index contributed by atoms with van der Waals surface area (Å²) in [7, 11) is 0. The van der Waals surface area contributed by atoms with E-state index in [1.54, 1.807) is 28.0 Å². The molecule has 6 heteroatoms. The Hall–Kier alpha value is -1.85. The highest BCUT2D eigenvalue weighted by Gasteiger charge is 2.32. The summed E-state index contributed by atoms with van der Waals surface area (Å²) in [6.07, 6.45) is 5.29. The molecule has 2 rings (SSSR count). The second-order valence-electron chi connectivity index (χ2n) is 4.17. The van der Waals surface area contributed by atoms with Gasteiger partial charge in [0.1, 0.15) is 6.54 Å². The number of amides is 1. The second-order valence-corrected chi connectivity index (χ2v) is 4.17. The summed E-state index contributed by atoms with van der Waals surface area (Å²) in [5.74, 6) is -0.931. The van der Waals surface area contributed by atoms with Gasteiger partial charge in [0.25, 0.3) is 0 Å². The number of carbonyl (C=O) groups excluding carboxylic acids is 1. The zero-order valence-corrected chi connectivity index (χ0v) is 9.45. The van der Waals surface area contributed by atoms with Crippen LogP contribution in [0.2, 0.25) is 0 Å². The molecule has 1 fully saturated rings. The van der Waals surface area contributed by atoms with Gasteiger partial charge < -0.3 is 10.0 Å². The molecule has 1 saturated carbocycles. The first kappa shape index (κ1) is 11.6. The van der Waals surface area contributed by atoms with Crippen molar-refractivity contribution in [3.8, 4) is 0 Å². The quantitative estimate of drug-likeness (QED) is 0.774. The van der Waals surface area contributed by atoms with E-state index in [0.717, 1.165) is 12.8 Å². The maximum atomic E-state index is 12.0. The zero-order valence-electron chi connectivity index (χ0n) is 9.45. The van der Waals surface area contributed by atoms with Crippen molar-refractivity contribution in [1.82, 2.24) is 14.7 Å². The Morgan fingerprint density at radius 3 is 2.76 bits per heavy atom. The van der Waals surface area contributed by atoms with Crippen molar-refractivity contribution >= 4 is 11.9 Å². The fourth-order valence-corrected chi connectivity index (χ4v) is 1.74. The number of hydrogen-bond donors (Lipinski definition) is 1. The predicted molar refractivity (Wildman–Crippen MR) is 59.2 cm³/mol. The fourth-order valence-electron chi connectivity index (χ4n) is 1.74. The Morgan fingerprint density at radius 2 is 2.24 bits per heavy atom. The maximum Gasteiger partial charge on any atom is 0.305 e. The molecule has 0 spiro atoms. The minimum Gasteiger partial charge on any atom is -0.481 e. The van der Waals surface area contributed by atoms with E-state index in [0.29, 0.717) is 6.54 Å². The van der Waals surface area contributed by atoms with Gasteiger partial charge in [0.05, 0.1) is 6.42 Å². The highest BCUT2D eigenvalue weighted by Crippen LogP contribution is 2.27. The Labute approximate surface area is 98.8 Å². The molecule has 1 aliphatic carbocycles. The van der Waals surface area contributed by atoms with Crippen LogP contribution < -0.4 is 0 Å². The monoisotopic (exact) mass is 237 g/mol. The first-order chi connectivity index (χ1) is 8.16. The lowest BCUT2D eigenvalue weighted by molar-refractivity contribution is -0.138. The number of nitrogens with zero attached hydrogens (tertiary/aromatic N) is 3. The molecule has 1 amide bonds. The van der Waals surface area contributed by atoms with Crippen LogP contribution in [0.15, 0.2) is 18.5 Å². The SMILES string of the molecule is O=C(O)CCN(C(=O)Cn1cccn1)C1CC1. The standard InChI is InChI=1S/C11H15N3O3/c15-10(8-13-6-1-5-12-13)14(9-2-3-9)7-4-11(16)17/h1,5-6,9H,2-4,7-8H2,(H,16,17). The highest BCUT2D eigenvalue weighted by molar-refractivity contribution is 5.77. The number of hydrogen-bond acceptors (Lipinski definition) is 3. The molecule has 1 aromatic rings. The number of carboxylic acid groups (broad SMARTS) is 1. The molecule has 0 radical (unpaired) electrons. The van der Waals surface area contributed by atoms with E-state index < -0.39 is 5.97 Å². The number of rotatable bonds is 6. The Morgan fingerprint density at radius 1 is 1.47 bits per heavy atom. The summed E-state index contributed by atoms with van der Waals surface area (Å²) in [6, 6.07) is 1.99. The second kappa shape index (κ2) is 4.99. The number of aromatic nitrogens is 2. The molecule has 92 valence electrons. The fraction of sp³-hybridized carbons (Fsp3) is 0.545.